The van der Waals surface area contributed by atoms with Gasteiger partial charge in [-0.15, -0.1) is 0 Å². The monoisotopic (exact) mass is 368 g/mol. The van der Waals surface area contributed by atoms with Gasteiger partial charge in [0, 0.05) is 26.2 Å². The van der Waals surface area contributed by atoms with Crippen LogP contribution in [0.4, 0.5) is 10.1 Å². The highest BCUT2D eigenvalue weighted by atomic mass is 19.1. The molecule has 1 saturated heterocycles. The summed E-state index contributed by atoms with van der Waals surface area (Å²) in [5.41, 5.74) is 0.370. The summed E-state index contributed by atoms with van der Waals surface area (Å²) in [6.07, 6.45) is 1.48. The zero-order valence-corrected chi connectivity index (χ0v) is 14.4. The number of rotatable bonds is 3. The summed E-state index contributed by atoms with van der Waals surface area (Å²) in [7, 11) is 0. The molecule has 1 N–H and O–H groups in total. The van der Waals surface area contributed by atoms with Crippen LogP contribution in [0.1, 0.15) is 10.5 Å². The van der Waals surface area contributed by atoms with Crippen LogP contribution < -0.4 is 10.6 Å². The van der Waals surface area contributed by atoms with Crippen molar-refractivity contribution in [1.29, 1.82) is 0 Å². The SMILES string of the molecule is O=C(c1cc(-c2ccco2)[nH]c(=O)n1)N1CCN(c2ccccc2F)CC1. The lowest BCUT2D eigenvalue weighted by Gasteiger charge is -2.36. The topological polar surface area (TPSA) is 82.4 Å². The minimum atomic E-state index is -0.614. The molecule has 0 atom stereocenters. The summed E-state index contributed by atoms with van der Waals surface area (Å²) in [6.45, 7) is 1.83. The zero-order valence-electron chi connectivity index (χ0n) is 14.4. The minimum Gasteiger partial charge on any atom is -0.463 e. The number of hydrogen-bond donors (Lipinski definition) is 1. The third kappa shape index (κ3) is 3.46. The van der Waals surface area contributed by atoms with E-state index in [4.69, 9.17) is 4.42 Å². The van der Waals surface area contributed by atoms with Gasteiger partial charge in [0.05, 0.1) is 17.6 Å². The number of benzene rings is 1. The fraction of sp³-hybridized carbons (Fsp3) is 0.211. The van der Waals surface area contributed by atoms with Crippen molar-refractivity contribution in [2.45, 2.75) is 0 Å². The molecule has 2 aromatic heterocycles. The lowest BCUT2D eigenvalue weighted by atomic mass is 10.2. The van der Waals surface area contributed by atoms with Gasteiger partial charge in [-0.25, -0.2) is 9.18 Å². The van der Waals surface area contributed by atoms with Gasteiger partial charge < -0.3 is 19.2 Å². The number of halogens is 1. The number of anilines is 1. The van der Waals surface area contributed by atoms with Gasteiger partial charge in [0.15, 0.2) is 0 Å². The van der Waals surface area contributed by atoms with Crippen molar-refractivity contribution >= 4 is 11.6 Å². The molecule has 0 aliphatic carbocycles. The summed E-state index contributed by atoms with van der Waals surface area (Å²) in [5.74, 6) is -0.161. The van der Waals surface area contributed by atoms with Gasteiger partial charge in [-0.2, -0.15) is 4.98 Å². The Kier molecular flexibility index (Phi) is 4.45. The van der Waals surface area contributed by atoms with E-state index in [1.807, 2.05) is 4.90 Å². The van der Waals surface area contributed by atoms with Gasteiger partial charge in [-0.05, 0) is 30.3 Å². The van der Waals surface area contributed by atoms with Crippen LogP contribution in [0.25, 0.3) is 11.5 Å². The van der Waals surface area contributed by atoms with Crippen LogP contribution in [0.3, 0.4) is 0 Å². The quantitative estimate of drug-likeness (QED) is 0.766. The molecule has 8 heteroatoms. The molecule has 3 heterocycles. The lowest BCUT2D eigenvalue weighted by molar-refractivity contribution is 0.0740. The fourth-order valence-corrected chi connectivity index (χ4v) is 3.15. The molecular weight excluding hydrogens is 351 g/mol. The first-order valence-electron chi connectivity index (χ1n) is 8.56. The smallest absolute Gasteiger partial charge is 0.346 e. The lowest BCUT2D eigenvalue weighted by Crippen LogP contribution is -2.49. The predicted octanol–water partition coefficient (Wildman–Crippen LogP) is 2.13. The van der Waals surface area contributed by atoms with Gasteiger partial charge in [-0.1, -0.05) is 12.1 Å². The highest BCUT2D eigenvalue weighted by molar-refractivity contribution is 5.93. The average Bonchev–Trinajstić information content (AvgIpc) is 3.22. The molecule has 1 aromatic carbocycles. The molecule has 7 nitrogen and oxygen atoms in total. The summed E-state index contributed by atoms with van der Waals surface area (Å²) in [4.78, 5) is 34.5. The Hall–Kier alpha value is -3.42. The second-order valence-corrected chi connectivity index (χ2v) is 6.19. The van der Waals surface area contributed by atoms with E-state index in [2.05, 4.69) is 9.97 Å². The first-order chi connectivity index (χ1) is 13.1. The maximum atomic E-state index is 13.9. The number of carbonyl (C=O) groups excluding carboxylic acids is 1. The fourth-order valence-electron chi connectivity index (χ4n) is 3.15. The third-order valence-corrected chi connectivity index (χ3v) is 4.51. The van der Waals surface area contributed by atoms with Crippen LogP contribution >= 0.6 is 0 Å². The van der Waals surface area contributed by atoms with Crippen LogP contribution in [0.2, 0.25) is 0 Å². The van der Waals surface area contributed by atoms with E-state index in [0.717, 1.165) is 0 Å². The van der Waals surface area contributed by atoms with Crippen molar-refractivity contribution in [3.8, 4) is 11.5 Å². The number of nitrogens with zero attached hydrogens (tertiary/aromatic N) is 3. The molecular formula is C19H17FN4O3. The summed E-state index contributed by atoms with van der Waals surface area (Å²) in [6, 6.07) is 11.5. The normalized spacial score (nSPS) is 14.4. The zero-order chi connectivity index (χ0) is 18.8. The molecule has 3 aromatic rings. The molecule has 0 bridgehead atoms. The Bertz CT molecular complexity index is 1010. The number of furan rings is 1. The second kappa shape index (κ2) is 7.06. The Morgan fingerprint density at radius 3 is 2.59 bits per heavy atom. The van der Waals surface area contributed by atoms with Crippen LogP contribution in [0, 0.1) is 5.82 Å². The summed E-state index contributed by atoms with van der Waals surface area (Å²) >= 11 is 0. The molecule has 1 aliphatic rings. The number of aromatic amines is 1. The number of para-hydroxylation sites is 1. The first-order valence-corrected chi connectivity index (χ1v) is 8.56. The standard InChI is InChI=1S/C19H17FN4O3/c20-13-4-1-2-5-16(13)23-7-9-24(10-8-23)18(25)15-12-14(21-19(26)22-15)17-6-3-11-27-17/h1-6,11-12H,7-10H2,(H,21,22,26). The molecule has 0 unspecified atom stereocenters. The summed E-state index contributed by atoms with van der Waals surface area (Å²) < 4.78 is 19.2. The molecule has 1 aliphatic heterocycles. The van der Waals surface area contributed by atoms with Gasteiger partial charge in [0.25, 0.3) is 5.91 Å². The number of nitrogens with one attached hydrogen (secondary N) is 1. The van der Waals surface area contributed by atoms with E-state index in [9.17, 15) is 14.0 Å². The maximum Gasteiger partial charge on any atom is 0.346 e. The predicted molar refractivity (Wildman–Crippen MR) is 97.1 cm³/mol. The molecule has 1 amide bonds. The van der Waals surface area contributed by atoms with E-state index >= 15 is 0 Å². The number of H-pyrrole nitrogens is 1. The number of aromatic nitrogens is 2. The molecule has 0 spiro atoms. The maximum absolute atomic E-state index is 13.9. The van der Waals surface area contributed by atoms with Crippen molar-refractivity contribution in [2.75, 3.05) is 31.1 Å². The Morgan fingerprint density at radius 2 is 1.89 bits per heavy atom. The van der Waals surface area contributed by atoms with Gasteiger partial charge in [-0.3, -0.25) is 4.79 Å². The van der Waals surface area contributed by atoms with Crippen LogP contribution in [0.15, 0.2) is 57.9 Å². The number of hydrogen-bond acceptors (Lipinski definition) is 5. The van der Waals surface area contributed by atoms with Gasteiger partial charge >= 0.3 is 5.69 Å². The van der Waals surface area contributed by atoms with E-state index in [1.165, 1.54) is 18.4 Å². The van der Waals surface area contributed by atoms with E-state index in [-0.39, 0.29) is 17.4 Å². The Labute approximate surface area is 154 Å². The molecule has 138 valence electrons. The molecule has 1 fully saturated rings. The van der Waals surface area contributed by atoms with Crippen molar-refractivity contribution < 1.29 is 13.6 Å². The van der Waals surface area contributed by atoms with Crippen LogP contribution in [-0.2, 0) is 0 Å². The minimum absolute atomic E-state index is 0.0597. The second-order valence-electron chi connectivity index (χ2n) is 6.19. The van der Waals surface area contributed by atoms with Crippen molar-refractivity contribution in [2.24, 2.45) is 0 Å². The van der Waals surface area contributed by atoms with E-state index < -0.39 is 5.69 Å². The number of amides is 1. The summed E-state index contributed by atoms with van der Waals surface area (Å²) in [5, 5.41) is 0. The number of piperazine rings is 1. The largest absolute Gasteiger partial charge is 0.463 e. The number of carbonyl (C=O) groups is 1. The van der Waals surface area contributed by atoms with E-state index in [1.54, 1.807) is 35.2 Å². The van der Waals surface area contributed by atoms with Crippen LogP contribution in [-0.4, -0.2) is 47.0 Å². The first kappa shape index (κ1) is 17.0. The highest BCUT2D eigenvalue weighted by Crippen LogP contribution is 2.21. The van der Waals surface area contributed by atoms with Gasteiger partial charge in [0.2, 0.25) is 0 Å². The molecule has 0 radical (unpaired) electrons. The Balaban J connectivity index is 1.50. The molecule has 27 heavy (non-hydrogen) atoms. The van der Waals surface area contributed by atoms with Crippen molar-refractivity contribution in [1.82, 2.24) is 14.9 Å². The Morgan fingerprint density at radius 1 is 1.11 bits per heavy atom. The van der Waals surface area contributed by atoms with Crippen molar-refractivity contribution in [3.05, 3.63) is 70.7 Å². The van der Waals surface area contributed by atoms with Crippen LogP contribution in [0.5, 0.6) is 0 Å². The molecule has 4 rings (SSSR count). The van der Waals surface area contributed by atoms with Gasteiger partial charge in [0.1, 0.15) is 17.3 Å². The van der Waals surface area contributed by atoms with E-state index in [0.29, 0.717) is 43.3 Å². The average molecular weight is 368 g/mol. The molecule has 0 saturated carbocycles. The van der Waals surface area contributed by atoms with Crippen molar-refractivity contribution in [3.63, 3.8) is 0 Å². The highest BCUT2D eigenvalue weighted by Gasteiger charge is 2.25. The third-order valence-electron chi connectivity index (χ3n) is 4.51.